The molecule has 25 heavy (non-hydrogen) atoms. The molecule has 1 aliphatic heterocycles. The average Bonchev–Trinajstić information content (AvgIpc) is 3.26. The first-order valence-electron chi connectivity index (χ1n) is 7.70. The molecule has 1 fully saturated rings. The number of hydrogen-bond donors (Lipinski definition) is 1. The fraction of sp³-hybridized carbons (Fsp3) is 0.333. The molecule has 0 amide bonds. The Labute approximate surface area is 142 Å². The Morgan fingerprint density at radius 2 is 2.20 bits per heavy atom. The van der Waals surface area contributed by atoms with Gasteiger partial charge in [-0.2, -0.15) is 0 Å². The third kappa shape index (κ3) is 3.00. The van der Waals surface area contributed by atoms with Crippen molar-refractivity contribution in [1.82, 2.24) is 24.7 Å². The molecular formula is C15H15N5O4S. The van der Waals surface area contributed by atoms with Gasteiger partial charge in [-0.15, -0.1) is 5.10 Å². The molecule has 0 bridgehead atoms. The monoisotopic (exact) mass is 361 g/mol. The first-order valence-corrected chi connectivity index (χ1v) is 9.52. The minimum Gasteiger partial charge on any atom is -0.458 e. The summed E-state index contributed by atoms with van der Waals surface area (Å²) >= 11 is 0. The highest BCUT2D eigenvalue weighted by atomic mass is 32.2. The maximum atomic E-state index is 11.8. The maximum Gasteiger partial charge on any atom is 0.266 e. The van der Waals surface area contributed by atoms with Crippen molar-refractivity contribution in [1.29, 1.82) is 0 Å². The van der Waals surface area contributed by atoms with Gasteiger partial charge in [0.15, 0.2) is 21.4 Å². The molecule has 4 heterocycles. The number of nitrogens with one attached hydrogen (secondary N) is 1. The van der Waals surface area contributed by atoms with Gasteiger partial charge in [0, 0.05) is 6.20 Å². The van der Waals surface area contributed by atoms with E-state index in [4.69, 9.17) is 4.42 Å². The molecule has 0 aliphatic carbocycles. The van der Waals surface area contributed by atoms with Crippen molar-refractivity contribution >= 4 is 9.84 Å². The van der Waals surface area contributed by atoms with Crippen LogP contribution < -0.4 is 5.56 Å². The molecule has 0 radical (unpaired) electrons. The van der Waals surface area contributed by atoms with Crippen LogP contribution in [0.25, 0.3) is 23.1 Å². The second kappa shape index (κ2) is 5.66. The van der Waals surface area contributed by atoms with Crippen molar-refractivity contribution in [2.75, 3.05) is 11.5 Å². The molecule has 1 aliphatic rings. The van der Waals surface area contributed by atoms with Gasteiger partial charge in [0.25, 0.3) is 5.56 Å². The Balaban J connectivity index is 1.84. The second-order valence-electron chi connectivity index (χ2n) is 5.97. The molecule has 10 heteroatoms. The maximum absolute atomic E-state index is 11.8. The van der Waals surface area contributed by atoms with Gasteiger partial charge in [-0.3, -0.25) is 4.79 Å². The summed E-state index contributed by atoms with van der Waals surface area (Å²) in [5.74, 6) is 2.07. The summed E-state index contributed by atoms with van der Waals surface area (Å²) in [6.07, 6.45) is 3.04. The van der Waals surface area contributed by atoms with Crippen molar-refractivity contribution in [3.05, 3.63) is 40.6 Å². The van der Waals surface area contributed by atoms with Crippen molar-refractivity contribution in [2.24, 2.45) is 0 Å². The number of aromatic nitrogens is 5. The van der Waals surface area contributed by atoms with Crippen LogP contribution in [0.2, 0.25) is 0 Å². The van der Waals surface area contributed by atoms with Gasteiger partial charge in [-0.25, -0.2) is 23.1 Å². The molecule has 0 spiro atoms. The molecule has 3 aromatic rings. The first-order chi connectivity index (χ1) is 11.9. The van der Waals surface area contributed by atoms with E-state index in [9.17, 15) is 13.2 Å². The van der Waals surface area contributed by atoms with Gasteiger partial charge in [0.2, 0.25) is 5.82 Å². The Hall–Kier alpha value is -2.75. The number of sulfone groups is 1. The van der Waals surface area contributed by atoms with E-state index in [1.54, 1.807) is 16.8 Å². The lowest BCUT2D eigenvalue weighted by Crippen LogP contribution is -2.15. The number of aryl methyl sites for hydroxylation is 1. The van der Waals surface area contributed by atoms with Crippen LogP contribution in [0.3, 0.4) is 0 Å². The molecule has 1 saturated heterocycles. The van der Waals surface area contributed by atoms with Crippen LogP contribution in [-0.2, 0) is 9.84 Å². The van der Waals surface area contributed by atoms with Gasteiger partial charge < -0.3 is 9.40 Å². The van der Waals surface area contributed by atoms with Gasteiger partial charge >= 0.3 is 0 Å². The van der Waals surface area contributed by atoms with E-state index in [1.165, 1.54) is 6.20 Å². The van der Waals surface area contributed by atoms with Crippen LogP contribution in [0.5, 0.6) is 0 Å². The fourth-order valence-electron chi connectivity index (χ4n) is 2.84. The summed E-state index contributed by atoms with van der Waals surface area (Å²) in [5.41, 5.74) is 0.0751. The number of H-pyrrole nitrogens is 1. The SMILES string of the molecule is Cc1ccc(-c2nc(-c3c[nH]c(=O)cn3)n([C@@H]3CCS(=O)(=O)C3)n2)o1. The van der Waals surface area contributed by atoms with Crippen LogP contribution in [0.4, 0.5) is 0 Å². The van der Waals surface area contributed by atoms with Crippen LogP contribution in [0.15, 0.2) is 33.7 Å². The minimum absolute atomic E-state index is 0.00331. The highest BCUT2D eigenvalue weighted by Crippen LogP contribution is 2.29. The Morgan fingerprint density at radius 3 is 2.80 bits per heavy atom. The molecule has 1 N–H and O–H groups in total. The van der Waals surface area contributed by atoms with E-state index in [-0.39, 0.29) is 23.1 Å². The predicted molar refractivity (Wildman–Crippen MR) is 88.6 cm³/mol. The summed E-state index contributed by atoms with van der Waals surface area (Å²) in [5, 5.41) is 4.46. The lowest BCUT2D eigenvalue weighted by Gasteiger charge is -2.10. The van der Waals surface area contributed by atoms with E-state index < -0.39 is 9.84 Å². The van der Waals surface area contributed by atoms with Crippen molar-refractivity contribution in [3.8, 4) is 23.1 Å². The zero-order valence-electron chi connectivity index (χ0n) is 13.3. The van der Waals surface area contributed by atoms with Gasteiger partial charge in [-0.1, -0.05) is 0 Å². The summed E-state index contributed by atoms with van der Waals surface area (Å²) in [6, 6.07) is 3.23. The highest BCUT2D eigenvalue weighted by molar-refractivity contribution is 7.91. The zero-order valence-corrected chi connectivity index (χ0v) is 14.2. The first kappa shape index (κ1) is 15.8. The molecule has 1 atom stereocenters. The van der Waals surface area contributed by atoms with Crippen molar-refractivity contribution < 1.29 is 12.8 Å². The van der Waals surface area contributed by atoms with Gasteiger partial charge in [0.1, 0.15) is 11.5 Å². The fourth-order valence-corrected chi connectivity index (χ4v) is 4.54. The van der Waals surface area contributed by atoms with Crippen LogP contribution >= 0.6 is 0 Å². The zero-order chi connectivity index (χ0) is 17.6. The molecule has 0 unspecified atom stereocenters. The molecule has 3 aromatic heterocycles. The number of rotatable bonds is 3. The summed E-state index contributed by atoms with van der Waals surface area (Å²) in [7, 11) is -3.09. The number of aromatic amines is 1. The van der Waals surface area contributed by atoms with E-state index in [0.717, 1.165) is 12.0 Å². The second-order valence-corrected chi connectivity index (χ2v) is 8.20. The number of hydrogen-bond acceptors (Lipinski definition) is 7. The molecule has 9 nitrogen and oxygen atoms in total. The summed E-state index contributed by atoms with van der Waals surface area (Å²) < 4.78 is 30.8. The lowest BCUT2D eigenvalue weighted by atomic mass is 10.2. The summed E-state index contributed by atoms with van der Waals surface area (Å²) in [4.78, 5) is 22.3. The molecule has 0 saturated carbocycles. The molecule has 130 valence electrons. The number of nitrogens with zero attached hydrogens (tertiary/aromatic N) is 4. The number of furan rings is 1. The topological polar surface area (TPSA) is 124 Å². The van der Waals surface area contributed by atoms with Crippen molar-refractivity contribution in [2.45, 2.75) is 19.4 Å². The van der Waals surface area contributed by atoms with E-state index >= 15 is 0 Å². The van der Waals surface area contributed by atoms with Gasteiger partial charge in [0.05, 0.1) is 23.7 Å². The smallest absolute Gasteiger partial charge is 0.266 e. The van der Waals surface area contributed by atoms with Crippen LogP contribution in [-0.4, -0.2) is 44.7 Å². The standard InChI is InChI=1S/C15H15N5O4S/c1-9-2-3-12(24-9)14-18-15(11-6-17-13(21)7-16-11)20(19-14)10-4-5-25(22,23)8-10/h2-3,6-7,10H,4-5,8H2,1H3,(H,17,21)/t10-/m1/s1. The minimum atomic E-state index is -3.09. The Kier molecular flexibility index (Phi) is 3.57. The van der Waals surface area contributed by atoms with Crippen LogP contribution in [0, 0.1) is 6.92 Å². The Morgan fingerprint density at radius 1 is 1.36 bits per heavy atom. The highest BCUT2D eigenvalue weighted by Gasteiger charge is 2.32. The van der Waals surface area contributed by atoms with Gasteiger partial charge in [-0.05, 0) is 25.5 Å². The Bertz CT molecular complexity index is 1070. The predicted octanol–water partition coefficient (Wildman–Crippen LogP) is 0.956. The average molecular weight is 361 g/mol. The van der Waals surface area contributed by atoms with Crippen LogP contribution in [0.1, 0.15) is 18.2 Å². The largest absolute Gasteiger partial charge is 0.458 e. The third-order valence-corrected chi connectivity index (χ3v) is 5.80. The van der Waals surface area contributed by atoms with E-state index in [2.05, 4.69) is 20.1 Å². The molecule has 0 aromatic carbocycles. The van der Waals surface area contributed by atoms with Crippen molar-refractivity contribution in [3.63, 3.8) is 0 Å². The third-order valence-electron chi connectivity index (χ3n) is 4.05. The summed E-state index contributed by atoms with van der Waals surface area (Å²) in [6.45, 7) is 1.81. The van der Waals surface area contributed by atoms with E-state index in [1.807, 2.05) is 6.92 Å². The molecule has 4 rings (SSSR count). The lowest BCUT2D eigenvalue weighted by molar-refractivity contribution is 0.499. The normalized spacial score (nSPS) is 19.3. The molecular weight excluding hydrogens is 346 g/mol. The van der Waals surface area contributed by atoms with E-state index in [0.29, 0.717) is 29.5 Å². The quantitative estimate of drug-likeness (QED) is 0.736.